The summed E-state index contributed by atoms with van der Waals surface area (Å²) in [6, 6.07) is 6.16. The predicted molar refractivity (Wildman–Crippen MR) is 79.5 cm³/mol. The molecule has 0 aromatic heterocycles. The second kappa shape index (κ2) is 6.26. The molecular formula is C16H23F3N2. The van der Waals surface area contributed by atoms with Crippen LogP contribution in [0.25, 0.3) is 0 Å². The monoisotopic (exact) mass is 300 g/mol. The van der Waals surface area contributed by atoms with Crippen molar-refractivity contribution >= 4 is 5.69 Å². The number of halogens is 3. The van der Waals surface area contributed by atoms with Crippen LogP contribution in [0.15, 0.2) is 24.3 Å². The van der Waals surface area contributed by atoms with Crippen LogP contribution in [0.1, 0.15) is 32.8 Å². The number of piperazine rings is 1. The minimum atomic E-state index is -4.31. The summed E-state index contributed by atoms with van der Waals surface area (Å²) >= 11 is 0. The van der Waals surface area contributed by atoms with Crippen molar-refractivity contribution in [1.82, 2.24) is 5.32 Å². The zero-order valence-corrected chi connectivity index (χ0v) is 12.7. The lowest BCUT2D eigenvalue weighted by atomic mass is 9.95. The van der Waals surface area contributed by atoms with Gasteiger partial charge in [0.05, 0.1) is 5.56 Å². The summed E-state index contributed by atoms with van der Waals surface area (Å²) in [5, 5.41) is 3.45. The first kappa shape index (κ1) is 16.1. The molecule has 21 heavy (non-hydrogen) atoms. The van der Waals surface area contributed by atoms with E-state index in [1.165, 1.54) is 12.1 Å². The Labute approximate surface area is 124 Å². The third kappa shape index (κ3) is 3.51. The Morgan fingerprint density at radius 3 is 2.62 bits per heavy atom. The molecule has 0 radical (unpaired) electrons. The van der Waals surface area contributed by atoms with E-state index in [0.717, 1.165) is 6.42 Å². The van der Waals surface area contributed by atoms with Gasteiger partial charge in [-0.05, 0) is 25.0 Å². The fourth-order valence-corrected chi connectivity index (χ4v) is 2.85. The van der Waals surface area contributed by atoms with E-state index in [2.05, 4.69) is 19.2 Å². The number of nitrogens with zero attached hydrogens (tertiary/aromatic N) is 1. The number of benzene rings is 1. The first-order valence-corrected chi connectivity index (χ1v) is 7.50. The van der Waals surface area contributed by atoms with Gasteiger partial charge in [0.15, 0.2) is 0 Å². The molecule has 118 valence electrons. The lowest BCUT2D eigenvalue weighted by Crippen LogP contribution is -2.58. The Hall–Kier alpha value is -1.23. The molecule has 3 unspecified atom stereocenters. The van der Waals surface area contributed by atoms with Gasteiger partial charge in [-0.15, -0.1) is 0 Å². The fourth-order valence-electron chi connectivity index (χ4n) is 2.85. The number of para-hydroxylation sites is 1. The van der Waals surface area contributed by atoms with Crippen LogP contribution >= 0.6 is 0 Å². The molecule has 2 nitrogen and oxygen atoms in total. The highest BCUT2D eigenvalue weighted by atomic mass is 19.4. The highest BCUT2D eigenvalue weighted by molar-refractivity contribution is 5.56. The molecule has 1 aliphatic heterocycles. The van der Waals surface area contributed by atoms with Gasteiger partial charge in [-0.1, -0.05) is 32.4 Å². The van der Waals surface area contributed by atoms with Gasteiger partial charge in [0.1, 0.15) is 0 Å². The second-order valence-electron chi connectivity index (χ2n) is 5.92. The normalized spacial score (nSPS) is 25.0. The highest BCUT2D eigenvalue weighted by Gasteiger charge is 2.37. The molecule has 1 aromatic carbocycles. The van der Waals surface area contributed by atoms with Gasteiger partial charge in [0.2, 0.25) is 0 Å². The van der Waals surface area contributed by atoms with Crippen molar-refractivity contribution in [1.29, 1.82) is 0 Å². The van der Waals surface area contributed by atoms with E-state index in [-0.39, 0.29) is 12.1 Å². The maximum absolute atomic E-state index is 13.2. The Balaban J connectivity index is 2.31. The van der Waals surface area contributed by atoms with Crippen LogP contribution in [-0.4, -0.2) is 25.2 Å². The lowest BCUT2D eigenvalue weighted by molar-refractivity contribution is -0.137. The summed E-state index contributed by atoms with van der Waals surface area (Å²) < 4.78 is 39.6. The summed E-state index contributed by atoms with van der Waals surface area (Å²) in [5.41, 5.74) is -0.242. The maximum Gasteiger partial charge on any atom is 0.418 e. The van der Waals surface area contributed by atoms with Crippen LogP contribution in [0.2, 0.25) is 0 Å². The summed E-state index contributed by atoms with van der Waals surface area (Å²) in [6.45, 7) is 7.54. The minimum absolute atomic E-state index is 0.0498. The van der Waals surface area contributed by atoms with E-state index in [0.29, 0.717) is 24.7 Å². The zero-order valence-electron chi connectivity index (χ0n) is 12.7. The molecule has 3 atom stereocenters. The molecule has 0 bridgehead atoms. The van der Waals surface area contributed by atoms with E-state index in [9.17, 15) is 13.2 Å². The van der Waals surface area contributed by atoms with E-state index >= 15 is 0 Å². The molecule has 2 rings (SSSR count). The first-order valence-electron chi connectivity index (χ1n) is 7.50. The maximum atomic E-state index is 13.2. The molecule has 0 amide bonds. The van der Waals surface area contributed by atoms with Gasteiger partial charge < -0.3 is 10.2 Å². The van der Waals surface area contributed by atoms with Gasteiger partial charge in [0, 0.05) is 30.9 Å². The van der Waals surface area contributed by atoms with Crippen molar-refractivity contribution in [3.63, 3.8) is 0 Å². The highest BCUT2D eigenvalue weighted by Crippen LogP contribution is 2.37. The van der Waals surface area contributed by atoms with Gasteiger partial charge in [-0.3, -0.25) is 0 Å². The topological polar surface area (TPSA) is 15.3 Å². The van der Waals surface area contributed by atoms with E-state index in [1.54, 1.807) is 12.1 Å². The minimum Gasteiger partial charge on any atom is -0.365 e. The smallest absolute Gasteiger partial charge is 0.365 e. The Morgan fingerprint density at radius 2 is 2.00 bits per heavy atom. The van der Waals surface area contributed by atoms with Gasteiger partial charge in [0.25, 0.3) is 0 Å². The Kier molecular flexibility index (Phi) is 4.81. The van der Waals surface area contributed by atoms with Crippen molar-refractivity contribution < 1.29 is 13.2 Å². The number of nitrogens with one attached hydrogen (secondary N) is 1. The molecule has 0 aliphatic carbocycles. The van der Waals surface area contributed by atoms with E-state index in [1.807, 2.05) is 11.8 Å². The molecule has 1 N–H and O–H groups in total. The van der Waals surface area contributed by atoms with Crippen LogP contribution in [0.3, 0.4) is 0 Å². The molecule has 1 heterocycles. The van der Waals surface area contributed by atoms with E-state index < -0.39 is 11.7 Å². The second-order valence-corrected chi connectivity index (χ2v) is 5.92. The standard InChI is InChI=1S/C16H23F3N2/c1-4-11(2)14-10-21(12(3)9-20-14)15-8-6-5-7-13(15)16(17,18)19/h5-8,11-12,14,20H,4,9-10H2,1-3H3. The van der Waals surface area contributed by atoms with Crippen LogP contribution in [0, 0.1) is 5.92 Å². The molecule has 0 spiro atoms. The molecule has 1 saturated heterocycles. The molecule has 1 fully saturated rings. The first-order chi connectivity index (χ1) is 9.84. The predicted octanol–water partition coefficient (Wildman–Crippen LogP) is 3.92. The fraction of sp³-hybridized carbons (Fsp3) is 0.625. The number of hydrogen-bond acceptors (Lipinski definition) is 2. The van der Waals surface area contributed by atoms with Crippen molar-refractivity contribution in [2.24, 2.45) is 5.92 Å². The van der Waals surface area contributed by atoms with E-state index in [4.69, 9.17) is 0 Å². The average Bonchev–Trinajstić information content (AvgIpc) is 2.46. The van der Waals surface area contributed by atoms with Crippen LogP contribution in [0.4, 0.5) is 18.9 Å². The van der Waals surface area contributed by atoms with Gasteiger partial charge in [-0.2, -0.15) is 13.2 Å². The van der Waals surface area contributed by atoms with Crippen molar-refractivity contribution in [3.8, 4) is 0 Å². The van der Waals surface area contributed by atoms with Gasteiger partial charge in [-0.25, -0.2) is 0 Å². The molecule has 1 aromatic rings. The van der Waals surface area contributed by atoms with Crippen LogP contribution < -0.4 is 10.2 Å². The van der Waals surface area contributed by atoms with Crippen LogP contribution in [0.5, 0.6) is 0 Å². The zero-order chi connectivity index (χ0) is 15.6. The van der Waals surface area contributed by atoms with Crippen LogP contribution in [-0.2, 0) is 6.18 Å². The Morgan fingerprint density at radius 1 is 1.33 bits per heavy atom. The molecule has 5 heteroatoms. The Bertz CT molecular complexity index is 473. The molecule has 0 saturated carbocycles. The number of hydrogen-bond donors (Lipinski definition) is 1. The quantitative estimate of drug-likeness (QED) is 0.910. The average molecular weight is 300 g/mol. The van der Waals surface area contributed by atoms with Crippen molar-refractivity contribution in [3.05, 3.63) is 29.8 Å². The largest absolute Gasteiger partial charge is 0.418 e. The lowest BCUT2D eigenvalue weighted by Gasteiger charge is -2.43. The number of rotatable bonds is 3. The van der Waals surface area contributed by atoms with Gasteiger partial charge >= 0.3 is 6.18 Å². The summed E-state index contributed by atoms with van der Waals surface area (Å²) in [4.78, 5) is 1.90. The third-order valence-corrected chi connectivity index (χ3v) is 4.45. The van der Waals surface area contributed by atoms with Crippen molar-refractivity contribution in [2.45, 2.75) is 45.5 Å². The number of alkyl halides is 3. The van der Waals surface area contributed by atoms with Crippen molar-refractivity contribution in [2.75, 3.05) is 18.0 Å². The summed E-state index contributed by atoms with van der Waals surface area (Å²) in [6.07, 6.45) is -3.30. The summed E-state index contributed by atoms with van der Waals surface area (Å²) in [7, 11) is 0. The molecule has 1 aliphatic rings. The summed E-state index contributed by atoms with van der Waals surface area (Å²) in [5.74, 6) is 0.443. The number of anilines is 1. The third-order valence-electron chi connectivity index (χ3n) is 4.45. The molecular weight excluding hydrogens is 277 g/mol. The SMILES string of the molecule is CCC(C)C1CN(c2ccccc2C(F)(F)F)C(C)CN1.